The van der Waals surface area contributed by atoms with Crippen LogP contribution >= 0.6 is 0 Å². The molecule has 1 aliphatic rings. The zero-order valence-corrected chi connectivity index (χ0v) is 10.2. The Morgan fingerprint density at radius 1 is 1.47 bits per heavy atom. The first-order chi connectivity index (χ1) is 7.27. The van der Waals surface area contributed by atoms with Crippen LogP contribution in [0, 0.1) is 17.2 Å². The molecule has 0 aromatic heterocycles. The Morgan fingerprint density at radius 2 is 2.20 bits per heavy atom. The van der Waals surface area contributed by atoms with Crippen LogP contribution in [0.2, 0.25) is 0 Å². The van der Waals surface area contributed by atoms with Crippen molar-refractivity contribution in [2.24, 2.45) is 5.92 Å². The maximum Gasteiger partial charge on any atom is 0.0672 e. The number of nitrogens with zero attached hydrogens (tertiary/aromatic N) is 1. The first-order valence-corrected chi connectivity index (χ1v) is 7.24. The van der Waals surface area contributed by atoms with E-state index in [1.54, 1.807) is 0 Å². The number of nitriles is 1. The second-order valence-corrected chi connectivity index (χ2v) is 5.88. The lowest BCUT2D eigenvalue weighted by Crippen LogP contribution is -2.39. The summed E-state index contributed by atoms with van der Waals surface area (Å²) in [6.45, 7) is 2.72. The molecule has 0 saturated heterocycles. The molecular weight excluding hydrogens is 208 g/mol. The van der Waals surface area contributed by atoms with Crippen molar-refractivity contribution >= 4 is 10.8 Å². The highest BCUT2D eigenvalue weighted by atomic mass is 32.2. The van der Waals surface area contributed by atoms with Crippen molar-refractivity contribution in [3.8, 4) is 6.07 Å². The minimum Gasteiger partial charge on any atom is -0.312 e. The summed E-state index contributed by atoms with van der Waals surface area (Å²) < 4.78 is 11.2. The molecule has 0 radical (unpaired) electrons. The van der Waals surface area contributed by atoms with E-state index in [0.717, 1.165) is 25.1 Å². The standard InChI is InChI=1S/C11H20N2OS/c1-2-15(14)8-7-13-11-6-4-3-5-10(11)9-12/h10-11,13H,2-8H2,1H3. The molecule has 1 fully saturated rings. The topological polar surface area (TPSA) is 52.9 Å². The summed E-state index contributed by atoms with van der Waals surface area (Å²) in [6, 6.07) is 2.70. The fourth-order valence-corrected chi connectivity index (χ4v) is 2.67. The Hall–Kier alpha value is -0.400. The van der Waals surface area contributed by atoms with Gasteiger partial charge in [-0.15, -0.1) is 0 Å². The zero-order valence-electron chi connectivity index (χ0n) is 9.37. The Morgan fingerprint density at radius 3 is 2.87 bits per heavy atom. The van der Waals surface area contributed by atoms with E-state index in [-0.39, 0.29) is 5.92 Å². The van der Waals surface area contributed by atoms with Gasteiger partial charge in [-0.3, -0.25) is 4.21 Å². The predicted octanol–water partition coefficient (Wildman–Crippen LogP) is 1.43. The molecule has 1 saturated carbocycles. The van der Waals surface area contributed by atoms with Gasteiger partial charge in [-0.1, -0.05) is 19.8 Å². The molecule has 1 N–H and O–H groups in total. The SMILES string of the molecule is CCS(=O)CCNC1CCCCC1C#N. The molecule has 3 nitrogen and oxygen atoms in total. The third-order valence-corrected chi connectivity index (χ3v) is 4.29. The van der Waals surface area contributed by atoms with Crippen LogP contribution in [0.15, 0.2) is 0 Å². The predicted molar refractivity (Wildman–Crippen MR) is 62.9 cm³/mol. The normalized spacial score (nSPS) is 28.3. The molecule has 0 amide bonds. The lowest BCUT2D eigenvalue weighted by molar-refractivity contribution is 0.318. The van der Waals surface area contributed by atoms with Gasteiger partial charge in [-0.25, -0.2) is 0 Å². The molecule has 3 atom stereocenters. The van der Waals surface area contributed by atoms with E-state index in [0.29, 0.717) is 11.8 Å². The summed E-state index contributed by atoms with van der Waals surface area (Å²) >= 11 is 0. The number of hydrogen-bond donors (Lipinski definition) is 1. The molecule has 0 heterocycles. The van der Waals surface area contributed by atoms with E-state index in [1.807, 2.05) is 6.92 Å². The van der Waals surface area contributed by atoms with Crippen LogP contribution in [0.5, 0.6) is 0 Å². The molecular formula is C11H20N2OS. The molecule has 0 aliphatic heterocycles. The third-order valence-electron chi connectivity index (χ3n) is 2.99. The maximum absolute atomic E-state index is 11.2. The smallest absolute Gasteiger partial charge is 0.0672 e. The average Bonchev–Trinajstić information content (AvgIpc) is 2.29. The molecule has 0 aromatic rings. The highest BCUT2D eigenvalue weighted by Gasteiger charge is 2.23. The van der Waals surface area contributed by atoms with Gasteiger partial charge < -0.3 is 5.32 Å². The van der Waals surface area contributed by atoms with Crippen LogP contribution in [0.25, 0.3) is 0 Å². The average molecular weight is 228 g/mol. The van der Waals surface area contributed by atoms with Gasteiger partial charge in [0.05, 0.1) is 12.0 Å². The van der Waals surface area contributed by atoms with Crippen LogP contribution < -0.4 is 5.32 Å². The second-order valence-electron chi connectivity index (χ2n) is 4.01. The minimum absolute atomic E-state index is 0.161. The van der Waals surface area contributed by atoms with Gasteiger partial charge in [0, 0.05) is 34.9 Å². The largest absolute Gasteiger partial charge is 0.312 e. The van der Waals surface area contributed by atoms with E-state index < -0.39 is 10.8 Å². The lowest BCUT2D eigenvalue weighted by atomic mass is 9.85. The van der Waals surface area contributed by atoms with E-state index in [4.69, 9.17) is 5.26 Å². The fraction of sp³-hybridized carbons (Fsp3) is 0.909. The summed E-state index contributed by atoms with van der Waals surface area (Å²) in [5.74, 6) is 1.60. The van der Waals surface area contributed by atoms with Crippen molar-refractivity contribution in [2.75, 3.05) is 18.1 Å². The van der Waals surface area contributed by atoms with Crippen LogP contribution in [0.3, 0.4) is 0 Å². The van der Waals surface area contributed by atoms with E-state index >= 15 is 0 Å². The van der Waals surface area contributed by atoms with Crippen LogP contribution in [-0.4, -0.2) is 28.3 Å². The maximum atomic E-state index is 11.2. The fourth-order valence-electron chi connectivity index (χ4n) is 2.03. The van der Waals surface area contributed by atoms with Gasteiger partial charge in [0.25, 0.3) is 0 Å². The molecule has 3 unspecified atom stereocenters. The first kappa shape index (κ1) is 12.7. The minimum atomic E-state index is -0.690. The molecule has 15 heavy (non-hydrogen) atoms. The van der Waals surface area contributed by atoms with Gasteiger partial charge in [-0.05, 0) is 12.8 Å². The lowest BCUT2D eigenvalue weighted by Gasteiger charge is -2.27. The molecule has 0 spiro atoms. The second kappa shape index (κ2) is 6.97. The summed E-state index contributed by atoms with van der Waals surface area (Å²) in [5.41, 5.74) is 0. The quantitative estimate of drug-likeness (QED) is 0.774. The Labute approximate surface area is 94.7 Å². The summed E-state index contributed by atoms with van der Waals surface area (Å²) in [5, 5.41) is 12.3. The van der Waals surface area contributed by atoms with Crippen LogP contribution in [0.1, 0.15) is 32.6 Å². The van der Waals surface area contributed by atoms with Gasteiger partial charge in [-0.2, -0.15) is 5.26 Å². The van der Waals surface area contributed by atoms with Crippen molar-refractivity contribution in [3.63, 3.8) is 0 Å². The summed E-state index contributed by atoms with van der Waals surface area (Å²) in [7, 11) is -0.690. The van der Waals surface area contributed by atoms with Crippen LogP contribution in [-0.2, 0) is 10.8 Å². The van der Waals surface area contributed by atoms with Crippen molar-refractivity contribution in [2.45, 2.75) is 38.6 Å². The Bertz CT molecular complexity index is 249. The molecule has 0 aromatic carbocycles. The molecule has 86 valence electrons. The number of rotatable bonds is 5. The van der Waals surface area contributed by atoms with Gasteiger partial charge in [0.1, 0.15) is 0 Å². The highest BCUT2D eigenvalue weighted by molar-refractivity contribution is 7.84. The molecule has 4 heteroatoms. The Balaban J connectivity index is 2.24. The summed E-state index contributed by atoms with van der Waals surface area (Å²) in [4.78, 5) is 0. The van der Waals surface area contributed by atoms with E-state index in [2.05, 4.69) is 11.4 Å². The molecule has 1 rings (SSSR count). The Kier molecular flexibility index (Phi) is 5.89. The molecule has 1 aliphatic carbocycles. The van der Waals surface area contributed by atoms with E-state index in [1.165, 1.54) is 12.8 Å². The van der Waals surface area contributed by atoms with Crippen molar-refractivity contribution in [1.82, 2.24) is 5.32 Å². The highest BCUT2D eigenvalue weighted by Crippen LogP contribution is 2.23. The number of nitrogens with one attached hydrogen (secondary N) is 1. The monoisotopic (exact) mass is 228 g/mol. The van der Waals surface area contributed by atoms with Crippen molar-refractivity contribution in [1.29, 1.82) is 5.26 Å². The van der Waals surface area contributed by atoms with Gasteiger partial charge >= 0.3 is 0 Å². The van der Waals surface area contributed by atoms with Gasteiger partial charge in [0.15, 0.2) is 0 Å². The third kappa shape index (κ3) is 4.31. The summed E-state index contributed by atoms with van der Waals surface area (Å²) in [6.07, 6.45) is 4.51. The van der Waals surface area contributed by atoms with Gasteiger partial charge in [0.2, 0.25) is 0 Å². The number of hydrogen-bond acceptors (Lipinski definition) is 3. The first-order valence-electron chi connectivity index (χ1n) is 5.76. The van der Waals surface area contributed by atoms with Crippen molar-refractivity contribution in [3.05, 3.63) is 0 Å². The van der Waals surface area contributed by atoms with Crippen molar-refractivity contribution < 1.29 is 4.21 Å². The van der Waals surface area contributed by atoms with Crippen LogP contribution in [0.4, 0.5) is 0 Å². The molecule has 0 bridgehead atoms. The zero-order chi connectivity index (χ0) is 11.1. The van der Waals surface area contributed by atoms with E-state index in [9.17, 15) is 4.21 Å².